The van der Waals surface area contributed by atoms with E-state index in [1.165, 1.54) is 0 Å². The van der Waals surface area contributed by atoms with E-state index >= 15 is 0 Å². The topological polar surface area (TPSA) is 24.7 Å². The predicted octanol–water partition coefficient (Wildman–Crippen LogP) is 4.94. The second-order valence-electron chi connectivity index (χ2n) is 3.64. The van der Waals surface area contributed by atoms with E-state index in [0.29, 0.717) is 24.3 Å². The summed E-state index contributed by atoms with van der Waals surface area (Å²) in [5, 5.41) is 5.95. The molecule has 0 aromatic heterocycles. The van der Waals surface area contributed by atoms with E-state index < -0.39 is 46.3 Å². The first-order valence-corrected chi connectivity index (χ1v) is 5.09. The van der Waals surface area contributed by atoms with Gasteiger partial charge in [0.15, 0.2) is 34.6 Å². The van der Waals surface area contributed by atoms with Crippen LogP contribution in [-0.4, -0.2) is 0 Å². The van der Waals surface area contributed by atoms with Crippen LogP contribution in [0.15, 0.2) is 34.5 Å². The van der Waals surface area contributed by atoms with E-state index in [9.17, 15) is 26.3 Å². The molecule has 0 fully saturated rings. The minimum absolute atomic E-state index is 0.328. The van der Waals surface area contributed by atoms with Gasteiger partial charge in [0.2, 0.25) is 0 Å². The van der Waals surface area contributed by atoms with Crippen molar-refractivity contribution in [3.8, 4) is 0 Å². The number of azo groups is 1. The van der Waals surface area contributed by atoms with Gasteiger partial charge in [-0.05, 0) is 0 Å². The molecule has 2 nitrogen and oxygen atoms in total. The summed E-state index contributed by atoms with van der Waals surface area (Å²) < 4.78 is 78.1. The SMILES string of the molecule is Fc1cc(F)c(/N=N/c2c(F)cc(F)cc2F)c(F)c1. The quantitative estimate of drug-likeness (QED) is 0.553. The number of rotatable bonds is 2. The minimum Gasteiger partial charge on any atom is -0.207 e. The van der Waals surface area contributed by atoms with Crippen LogP contribution < -0.4 is 0 Å². The fraction of sp³-hybridized carbons (Fsp3) is 0. The molecule has 2 aromatic rings. The lowest BCUT2D eigenvalue weighted by Crippen LogP contribution is -1.87. The molecule has 0 saturated carbocycles. The van der Waals surface area contributed by atoms with Crippen molar-refractivity contribution < 1.29 is 26.3 Å². The van der Waals surface area contributed by atoms with Crippen LogP contribution in [0.5, 0.6) is 0 Å². The summed E-state index contributed by atoms with van der Waals surface area (Å²) >= 11 is 0. The third kappa shape index (κ3) is 2.79. The van der Waals surface area contributed by atoms with Gasteiger partial charge in [0.1, 0.15) is 11.6 Å². The maximum absolute atomic E-state index is 13.2. The molecule has 0 unspecified atom stereocenters. The standard InChI is InChI=1S/C12H4F6N2/c13-5-1-7(15)11(8(16)2-5)19-20-12-9(17)3-6(14)4-10(12)18/h1-4H/b20-19+. The molecule has 0 N–H and O–H groups in total. The van der Waals surface area contributed by atoms with Crippen LogP contribution in [0, 0.1) is 34.9 Å². The van der Waals surface area contributed by atoms with Crippen LogP contribution >= 0.6 is 0 Å². The second-order valence-corrected chi connectivity index (χ2v) is 3.64. The van der Waals surface area contributed by atoms with Gasteiger partial charge in [-0.25, -0.2) is 26.3 Å². The molecule has 104 valence electrons. The van der Waals surface area contributed by atoms with Gasteiger partial charge in [-0.1, -0.05) is 0 Å². The summed E-state index contributed by atoms with van der Waals surface area (Å²) in [5.41, 5.74) is -2.04. The molecule has 20 heavy (non-hydrogen) atoms. The highest BCUT2D eigenvalue weighted by atomic mass is 19.2. The lowest BCUT2D eigenvalue weighted by molar-refractivity contribution is 0.539. The van der Waals surface area contributed by atoms with Crippen molar-refractivity contribution in [1.82, 2.24) is 0 Å². The van der Waals surface area contributed by atoms with Crippen molar-refractivity contribution in [3.05, 3.63) is 59.2 Å². The van der Waals surface area contributed by atoms with Crippen molar-refractivity contribution in [3.63, 3.8) is 0 Å². The zero-order valence-electron chi connectivity index (χ0n) is 9.47. The number of halogens is 6. The van der Waals surface area contributed by atoms with Gasteiger partial charge in [0.25, 0.3) is 0 Å². The molecule has 0 aliphatic carbocycles. The van der Waals surface area contributed by atoms with Crippen molar-refractivity contribution in [2.75, 3.05) is 0 Å². The van der Waals surface area contributed by atoms with Crippen LogP contribution in [0.3, 0.4) is 0 Å². The number of hydrogen-bond acceptors (Lipinski definition) is 2. The Hall–Kier alpha value is -2.38. The van der Waals surface area contributed by atoms with Crippen LogP contribution in [0.2, 0.25) is 0 Å². The molecular weight excluding hydrogens is 286 g/mol. The molecule has 8 heteroatoms. The zero-order valence-corrected chi connectivity index (χ0v) is 9.47. The van der Waals surface area contributed by atoms with Gasteiger partial charge < -0.3 is 0 Å². The Kier molecular flexibility index (Phi) is 3.73. The first-order valence-electron chi connectivity index (χ1n) is 5.09. The van der Waals surface area contributed by atoms with Crippen LogP contribution in [0.1, 0.15) is 0 Å². The van der Waals surface area contributed by atoms with Crippen LogP contribution in [0.25, 0.3) is 0 Å². The van der Waals surface area contributed by atoms with Crippen molar-refractivity contribution >= 4 is 11.4 Å². The fourth-order valence-corrected chi connectivity index (χ4v) is 1.36. The van der Waals surface area contributed by atoms with Crippen LogP contribution in [0.4, 0.5) is 37.7 Å². The average Bonchev–Trinajstić information content (AvgIpc) is 2.30. The largest absolute Gasteiger partial charge is 0.207 e. The van der Waals surface area contributed by atoms with Crippen LogP contribution in [-0.2, 0) is 0 Å². The maximum atomic E-state index is 13.2. The van der Waals surface area contributed by atoms with E-state index in [0.717, 1.165) is 0 Å². The molecule has 0 saturated heterocycles. The molecular formula is C12H4F6N2. The molecule has 0 heterocycles. The predicted molar refractivity (Wildman–Crippen MR) is 56.8 cm³/mol. The smallest absolute Gasteiger partial charge is 0.157 e. The highest BCUT2D eigenvalue weighted by Crippen LogP contribution is 2.28. The summed E-state index contributed by atoms with van der Waals surface area (Å²) in [5.74, 6) is -7.94. The van der Waals surface area contributed by atoms with Crippen molar-refractivity contribution in [2.45, 2.75) is 0 Å². The molecule has 2 aromatic carbocycles. The monoisotopic (exact) mass is 290 g/mol. The fourth-order valence-electron chi connectivity index (χ4n) is 1.36. The van der Waals surface area contributed by atoms with E-state index in [1.54, 1.807) is 0 Å². The summed E-state index contributed by atoms with van der Waals surface area (Å²) in [4.78, 5) is 0. The Morgan fingerprint density at radius 3 is 1.00 bits per heavy atom. The van der Waals surface area contributed by atoms with Gasteiger partial charge in [-0.2, -0.15) is 0 Å². The maximum Gasteiger partial charge on any atom is 0.157 e. The average molecular weight is 290 g/mol. The third-order valence-corrected chi connectivity index (χ3v) is 2.21. The number of benzene rings is 2. The number of hydrogen-bond donors (Lipinski definition) is 0. The van der Waals surface area contributed by atoms with E-state index in [2.05, 4.69) is 10.2 Å². The Morgan fingerprint density at radius 1 is 0.500 bits per heavy atom. The van der Waals surface area contributed by atoms with Gasteiger partial charge >= 0.3 is 0 Å². The lowest BCUT2D eigenvalue weighted by atomic mass is 10.3. The highest BCUT2D eigenvalue weighted by Gasteiger charge is 2.14. The lowest BCUT2D eigenvalue weighted by Gasteiger charge is -2.00. The first kappa shape index (κ1) is 14.0. The Labute approximate surface area is 108 Å². The van der Waals surface area contributed by atoms with Gasteiger partial charge in [0, 0.05) is 24.3 Å². The first-order chi connectivity index (χ1) is 9.38. The number of nitrogens with zero attached hydrogens (tertiary/aromatic N) is 2. The van der Waals surface area contributed by atoms with Gasteiger partial charge in [-0.15, -0.1) is 10.2 Å². The molecule has 0 radical (unpaired) electrons. The molecule has 0 aliphatic rings. The molecule has 0 bridgehead atoms. The summed E-state index contributed by atoms with van der Waals surface area (Å²) in [6.07, 6.45) is 0. The van der Waals surface area contributed by atoms with E-state index in [-0.39, 0.29) is 0 Å². The minimum atomic E-state index is -1.39. The second kappa shape index (κ2) is 5.32. The van der Waals surface area contributed by atoms with E-state index in [4.69, 9.17) is 0 Å². The Morgan fingerprint density at radius 2 is 0.750 bits per heavy atom. The normalized spacial score (nSPS) is 11.3. The van der Waals surface area contributed by atoms with E-state index in [1.807, 2.05) is 0 Å². The summed E-state index contributed by atoms with van der Waals surface area (Å²) in [6.45, 7) is 0. The summed E-state index contributed by atoms with van der Waals surface area (Å²) in [7, 11) is 0. The molecule has 0 amide bonds. The van der Waals surface area contributed by atoms with Crippen molar-refractivity contribution in [2.24, 2.45) is 10.2 Å². The van der Waals surface area contributed by atoms with Gasteiger partial charge in [-0.3, -0.25) is 0 Å². The van der Waals surface area contributed by atoms with Gasteiger partial charge in [0.05, 0.1) is 0 Å². The third-order valence-electron chi connectivity index (χ3n) is 2.21. The zero-order chi connectivity index (χ0) is 14.9. The molecule has 0 aliphatic heterocycles. The molecule has 2 rings (SSSR count). The molecule has 0 spiro atoms. The Balaban J connectivity index is 2.45. The summed E-state index contributed by atoms with van der Waals surface area (Å²) in [6, 6.07) is 1.31. The Bertz CT molecular complexity index is 593. The van der Waals surface area contributed by atoms with Crippen molar-refractivity contribution in [1.29, 1.82) is 0 Å². The molecule has 0 atom stereocenters. The highest BCUT2D eigenvalue weighted by molar-refractivity contribution is 5.43.